The largest absolute Gasteiger partial charge is 0.487 e. The van der Waals surface area contributed by atoms with Crippen LogP contribution in [0.15, 0.2) is 48.7 Å². The summed E-state index contributed by atoms with van der Waals surface area (Å²) in [5, 5.41) is 18.2. The maximum atomic E-state index is 12.5. The second-order valence-corrected chi connectivity index (χ2v) is 7.30. The van der Waals surface area contributed by atoms with Gasteiger partial charge >= 0.3 is 0 Å². The van der Waals surface area contributed by atoms with Crippen molar-refractivity contribution in [3.05, 3.63) is 86.2 Å². The highest BCUT2D eigenvalue weighted by atomic mass is 35.5. The third kappa shape index (κ3) is 4.96. The lowest BCUT2D eigenvalue weighted by Crippen LogP contribution is -2.26. The van der Waals surface area contributed by atoms with Gasteiger partial charge in [-0.1, -0.05) is 23.7 Å². The van der Waals surface area contributed by atoms with Crippen molar-refractivity contribution in [2.75, 3.05) is 0 Å². The van der Waals surface area contributed by atoms with Crippen LogP contribution in [0, 0.1) is 17.0 Å². The summed E-state index contributed by atoms with van der Waals surface area (Å²) in [6.07, 6.45) is 1.89. The van der Waals surface area contributed by atoms with E-state index in [9.17, 15) is 14.9 Å². The van der Waals surface area contributed by atoms with E-state index < -0.39 is 4.92 Å². The van der Waals surface area contributed by atoms with Gasteiger partial charge in [-0.3, -0.25) is 19.6 Å². The summed E-state index contributed by atoms with van der Waals surface area (Å²) in [6, 6.07) is 10.9. The molecule has 0 fully saturated rings. The van der Waals surface area contributed by atoms with E-state index in [0.29, 0.717) is 11.3 Å². The molecule has 2 aromatic carbocycles. The summed E-state index contributed by atoms with van der Waals surface area (Å²) in [6.45, 7) is 4.03. The summed E-state index contributed by atoms with van der Waals surface area (Å²) in [5.74, 6) is 0.168. The fourth-order valence-corrected chi connectivity index (χ4v) is 3.26. The third-order valence-electron chi connectivity index (χ3n) is 4.60. The lowest BCUT2D eigenvalue weighted by Gasteiger charge is -2.13. The normalized spacial score (nSPS) is 11.7. The number of nitro groups is 1. The molecule has 3 aromatic rings. The average Bonchev–Trinajstić information content (AvgIpc) is 3.05. The van der Waals surface area contributed by atoms with Crippen LogP contribution >= 0.6 is 11.6 Å². The molecule has 1 aromatic heterocycles. The molecule has 3 rings (SSSR count). The van der Waals surface area contributed by atoms with Crippen LogP contribution in [0.25, 0.3) is 0 Å². The molecule has 0 aliphatic rings. The van der Waals surface area contributed by atoms with Gasteiger partial charge in [-0.15, -0.1) is 0 Å². The van der Waals surface area contributed by atoms with Gasteiger partial charge in [0.25, 0.3) is 11.6 Å². The smallest absolute Gasteiger partial charge is 0.271 e. The van der Waals surface area contributed by atoms with E-state index in [4.69, 9.17) is 16.3 Å². The molecule has 30 heavy (non-hydrogen) atoms. The molecular formula is C21H21ClN4O4. The zero-order valence-electron chi connectivity index (χ0n) is 16.8. The van der Waals surface area contributed by atoms with E-state index in [1.807, 2.05) is 27.1 Å². The molecule has 156 valence electrons. The van der Waals surface area contributed by atoms with Crippen LogP contribution in [0.3, 0.4) is 0 Å². The van der Waals surface area contributed by atoms with E-state index in [2.05, 4.69) is 10.4 Å². The van der Waals surface area contributed by atoms with Crippen molar-refractivity contribution in [1.29, 1.82) is 0 Å². The lowest BCUT2D eigenvalue weighted by molar-refractivity contribution is -0.384. The molecule has 0 saturated heterocycles. The predicted octanol–water partition coefficient (Wildman–Crippen LogP) is 4.36. The number of amides is 1. The van der Waals surface area contributed by atoms with Gasteiger partial charge < -0.3 is 10.1 Å². The van der Waals surface area contributed by atoms with Crippen LogP contribution in [-0.2, 0) is 13.7 Å². The Kier molecular flexibility index (Phi) is 6.37. The van der Waals surface area contributed by atoms with Gasteiger partial charge in [0, 0.05) is 36.5 Å². The molecule has 0 aliphatic heterocycles. The maximum Gasteiger partial charge on any atom is 0.271 e. The molecule has 1 atom stereocenters. The second-order valence-electron chi connectivity index (χ2n) is 6.90. The zero-order valence-corrected chi connectivity index (χ0v) is 17.5. The molecule has 0 bridgehead atoms. The number of carbonyl (C=O) groups excluding carboxylic acids is 1. The fourth-order valence-electron chi connectivity index (χ4n) is 3.03. The topological polar surface area (TPSA) is 99.3 Å². The molecule has 0 aliphatic carbocycles. The number of aryl methyl sites for hydroxylation is 2. The number of benzene rings is 2. The van der Waals surface area contributed by atoms with Crippen molar-refractivity contribution in [3.63, 3.8) is 0 Å². The van der Waals surface area contributed by atoms with E-state index in [1.165, 1.54) is 18.2 Å². The minimum absolute atomic E-state index is 0.0987. The minimum atomic E-state index is -0.518. The number of halogens is 1. The number of nitrogens with zero attached hydrogens (tertiary/aromatic N) is 3. The third-order valence-corrected chi connectivity index (χ3v) is 4.90. The summed E-state index contributed by atoms with van der Waals surface area (Å²) in [5.41, 5.74) is 3.11. The highest BCUT2D eigenvalue weighted by Gasteiger charge is 2.15. The van der Waals surface area contributed by atoms with Gasteiger partial charge in [-0.2, -0.15) is 5.10 Å². The first-order valence-corrected chi connectivity index (χ1v) is 9.59. The molecule has 1 heterocycles. The monoisotopic (exact) mass is 428 g/mol. The van der Waals surface area contributed by atoms with Crippen molar-refractivity contribution >= 4 is 23.2 Å². The SMILES string of the molecule is Cc1nn(C)cc1C(C)NC(=O)c1ccc(COc2ccc([N+](=O)[O-])cc2Cl)cc1. The summed E-state index contributed by atoms with van der Waals surface area (Å²) >= 11 is 6.03. The molecular weight excluding hydrogens is 408 g/mol. The Labute approximate surface area is 178 Å². The highest BCUT2D eigenvalue weighted by molar-refractivity contribution is 6.32. The number of hydrogen-bond acceptors (Lipinski definition) is 5. The first kappa shape index (κ1) is 21.3. The van der Waals surface area contributed by atoms with Crippen LogP contribution < -0.4 is 10.1 Å². The Balaban J connectivity index is 1.60. The van der Waals surface area contributed by atoms with E-state index in [-0.39, 0.29) is 29.3 Å². The molecule has 0 saturated carbocycles. The first-order chi connectivity index (χ1) is 14.2. The number of aromatic nitrogens is 2. The van der Waals surface area contributed by atoms with E-state index in [0.717, 1.165) is 16.8 Å². The molecule has 0 radical (unpaired) electrons. The standard InChI is InChI=1S/C21H21ClN4O4/c1-13(18-11-25(3)24-14(18)2)23-21(27)16-6-4-15(5-7-16)12-30-20-9-8-17(26(28)29)10-19(20)22/h4-11,13H,12H2,1-3H3,(H,23,27). The number of rotatable bonds is 7. The molecule has 9 heteroatoms. The number of hydrogen-bond donors (Lipinski definition) is 1. The summed E-state index contributed by atoms with van der Waals surface area (Å²) in [7, 11) is 1.84. The molecule has 1 N–H and O–H groups in total. The van der Waals surface area contributed by atoms with E-state index in [1.54, 1.807) is 28.9 Å². The van der Waals surface area contributed by atoms with Gasteiger partial charge in [0.05, 0.1) is 21.7 Å². The Hall–Kier alpha value is -3.39. The molecule has 0 spiro atoms. The lowest BCUT2D eigenvalue weighted by atomic mass is 10.1. The first-order valence-electron chi connectivity index (χ1n) is 9.21. The van der Waals surface area contributed by atoms with Crippen LogP contribution in [0.2, 0.25) is 5.02 Å². The number of non-ortho nitro benzene ring substituents is 1. The molecule has 8 nitrogen and oxygen atoms in total. The predicted molar refractivity (Wildman–Crippen MR) is 113 cm³/mol. The highest BCUT2D eigenvalue weighted by Crippen LogP contribution is 2.29. The number of ether oxygens (including phenoxy) is 1. The Bertz CT molecular complexity index is 1080. The van der Waals surface area contributed by atoms with Crippen molar-refractivity contribution in [2.45, 2.75) is 26.5 Å². The summed E-state index contributed by atoms with van der Waals surface area (Å²) < 4.78 is 7.35. The van der Waals surface area contributed by atoms with Gasteiger partial charge in [0.2, 0.25) is 0 Å². The number of nitro benzene ring substituents is 1. The van der Waals surface area contributed by atoms with Gasteiger partial charge in [0.15, 0.2) is 0 Å². The zero-order chi connectivity index (χ0) is 21.8. The van der Waals surface area contributed by atoms with Gasteiger partial charge in [0.1, 0.15) is 12.4 Å². The van der Waals surface area contributed by atoms with Crippen LogP contribution in [-0.4, -0.2) is 20.6 Å². The van der Waals surface area contributed by atoms with Gasteiger partial charge in [-0.25, -0.2) is 0 Å². The van der Waals surface area contributed by atoms with Crippen LogP contribution in [0.5, 0.6) is 5.75 Å². The Morgan fingerprint density at radius 3 is 2.57 bits per heavy atom. The molecule has 1 unspecified atom stereocenters. The second kappa shape index (κ2) is 8.96. The fraction of sp³-hybridized carbons (Fsp3) is 0.238. The maximum absolute atomic E-state index is 12.5. The van der Waals surface area contributed by atoms with Crippen molar-refractivity contribution in [1.82, 2.24) is 15.1 Å². The quantitative estimate of drug-likeness (QED) is 0.445. The van der Waals surface area contributed by atoms with Crippen molar-refractivity contribution < 1.29 is 14.5 Å². The van der Waals surface area contributed by atoms with Crippen LogP contribution in [0.4, 0.5) is 5.69 Å². The Morgan fingerprint density at radius 2 is 2.00 bits per heavy atom. The van der Waals surface area contributed by atoms with Gasteiger partial charge in [-0.05, 0) is 37.6 Å². The van der Waals surface area contributed by atoms with Crippen molar-refractivity contribution in [3.8, 4) is 5.75 Å². The summed E-state index contributed by atoms with van der Waals surface area (Å²) in [4.78, 5) is 22.8. The van der Waals surface area contributed by atoms with E-state index >= 15 is 0 Å². The van der Waals surface area contributed by atoms with Crippen LogP contribution in [0.1, 0.15) is 40.1 Å². The Morgan fingerprint density at radius 1 is 1.30 bits per heavy atom. The minimum Gasteiger partial charge on any atom is -0.487 e. The average molecular weight is 429 g/mol. The number of nitrogens with one attached hydrogen (secondary N) is 1. The number of carbonyl (C=O) groups is 1. The molecule has 1 amide bonds. The van der Waals surface area contributed by atoms with Crippen molar-refractivity contribution in [2.24, 2.45) is 7.05 Å².